The van der Waals surface area contributed by atoms with Crippen LogP contribution in [0.15, 0.2) is 324 Å². The van der Waals surface area contributed by atoms with E-state index in [1.807, 2.05) is 0 Å². The third-order valence-electron chi connectivity index (χ3n) is 21.6. The molecule has 0 N–H and O–H groups in total. The van der Waals surface area contributed by atoms with Crippen LogP contribution >= 0.6 is 0 Å². The lowest BCUT2D eigenvalue weighted by atomic mass is 9.65. The fourth-order valence-corrected chi connectivity index (χ4v) is 17.6. The fourth-order valence-electron chi connectivity index (χ4n) is 17.6. The van der Waals surface area contributed by atoms with Crippen LogP contribution in [-0.4, -0.2) is 9.97 Å². The molecule has 454 valence electrons. The van der Waals surface area contributed by atoms with E-state index >= 15 is 0 Å². The molecular weight excluding hydrogens is 1200 g/mol. The van der Waals surface area contributed by atoms with E-state index in [0.29, 0.717) is 0 Å². The van der Waals surface area contributed by atoms with E-state index in [-0.39, 0.29) is 0 Å². The van der Waals surface area contributed by atoms with Crippen LogP contribution in [0.5, 0.6) is 23.0 Å². The first-order chi connectivity index (χ1) is 48.6. The maximum atomic E-state index is 7.45. The first kappa shape index (κ1) is 53.5. The number of pyridine rings is 2. The van der Waals surface area contributed by atoms with Gasteiger partial charge in [-0.05, 0) is 128 Å². The Kier molecular flexibility index (Phi) is 10.8. The van der Waals surface area contributed by atoms with E-state index in [4.69, 9.17) is 28.3 Å². The lowest BCUT2D eigenvalue weighted by molar-refractivity contribution is 0.436. The van der Waals surface area contributed by atoms with Gasteiger partial charge in [-0.25, -0.2) is 9.97 Å². The van der Waals surface area contributed by atoms with Crippen molar-refractivity contribution in [3.63, 3.8) is 0 Å². The molecule has 2 spiro atoms. The Morgan fingerprint density at radius 1 is 0.245 bits per heavy atom. The van der Waals surface area contributed by atoms with Crippen molar-refractivity contribution in [1.82, 2.24) is 9.97 Å². The number of benzene rings is 14. The molecule has 22 rings (SSSR count). The molecule has 2 aliphatic heterocycles. The van der Waals surface area contributed by atoms with Gasteiger partial charge in [0.15, 0.2) is 0 Å². The van der Waals surface area contributed by atoms with Crippen molar-refractivity contribution in [2.24, 2.45) is 0 Å². The van der Waals surface area contributed by atoms with Crippen molar-refractivity contribution >= 4 is 65.7 Å². The minimum atomic E-state index is -0.808. The zero-order valence-electron chi connectivity index (χ0n) is 52.5. The number of hydrogen-bond donors (Lipinski definition) is 0. The molecule has 0 saturated heterocycles. The van der Waals surface area contributed by atoms with Crippen LogP contribution in [0.25, 0.3) is 144 Å². The molecule has 1 unspecified atom stereocenters. The Morgan fingerprint density at radius 3 is 1.36 bits per heavy atom. The van der Waals surface area contributed by atoms with E-state index in [9.17, 15) is 0 Å². The molecule has 1 atom stereocenters. The SMILES string of the molecule is c1ccc(-c2cc3ccccc3nc2-c2cccc3oc4cc5c(cc4c23)-c2ccccc2C52c3ccccc3Oc3c(-c4cccc5cc(-c6cccc7oc8cc9c(cc8c67)-c6ccccc6C96c7ccccc7Oc7ccccc76)c(-c6ccccc6)nc45)cccc32)cc1. The van der Waals surface area contributed by atoms with Gasteiger partial charge in [0.1, 0.15) is 45.3 Å². The molecule has 18 aromatic rings. The highest BCUT2D eigenvalue weighted by atomic mass is 16.5. The molecule has 0 radical (unpaired) electrons. The number of para-hydroxylation sites is 6. The second-order valence-electron chi connectivity index (χ2n) is 26.4. The summed E-state index contributed by atoms with van der Waals surface area (Å²) in [7, 11) is 0. The van der Waals surface area contributed by atoms with Crippen molar-refractivity contribution in [3.8, 4) is 101 Å². The van der Waals surface area contributed by atoms with Gasteiger partial charge in [-0.15, -0.1) is 0 Å². The molecule has 4 aliphatic rings. The lowest BCUT2D eigenvalue weighted by Crippen LogP contribution is -2.32. The molecule has 0 amide bonds. The van der Waals surface area contributed by atoms with E-state index in [1.54, 1.807) is 0 Å². The number of rotatable bonds is 5. The van der Waals surface area contributed by atoms with Gasteiger partial charge < -0.3 is 18.3 Å². The average molecular weight is 1250 g/mol. The second kappa shape index (κ2) is 19.8. The third kappa shape index (κ3) is 7.09. The summed E-state index contributed by atoms with van der Waals surface area (Å²) >= 11 is 0. The topological polar surface area (TPSA) is 70.5 Å². The van der Waals surface area contributed by atoms with Crippen LogP contribution < -0.4 is 9.47 Å². The van der Waals surface area contributed by atoms with Gasteiger partial charge >= 0.3 is 0 Å². The number of nitrogens with zero attached hydrogens (tertiary/aromatic N) is 2. The quantitative estimate of drug-likeness (QED) is 0.171. The highest BCUT2D eigenvalue weighted by molar-refractivity contribution is 6.18. The molecule has 0 fully saturated rings. The number of ether oxygens (including phenoxy) is 2. The summed E-state index contributed by atoms with van der Waals surface area (Å²) in [4.78, 5) is 11.4. The van der Waals surface area contributed by atoms with Crippen LogP contribution in [-0.2, 0) is 10.8 Å². The Labute approximate surface area is 562 Å². The first-order valence-electron chi connectivity index (χ1n) is 33.5. The molecule has 6 heterocycles. The summed E-state index contributed by atoms with van der Waals surface area (Å²) in [5, 5.41) is 6.24. The molecule has 0 bridgehead atoms. The molecule has 4 aromatic heterocycles. The summed E-state index contributed by atoms with van der Waals surface area (Å²) in [6.07, 6.45) is 0. The predicted molar refractivity (Wildman–Crippen MR) is 394 cm³/mol. The Bertz CT molecular complexity index is 6470. The van der Waals surface area contributed by atoms with Crippen LogP contribution in [0.2, 0.25) is 0 Å². The van der Waals surface area contributed by atoms with Gasteiger partial charge in [-0.3, -0.25) is 0 Å². The highest BCUT2D eigenvalue weighted by Crippen LogP contribution is 2.66. The van der Waals surface area contributed by atoms with Gasteiger partial charge in [0, 0.05) is 88.0 Å². The molecule has 98 heavy (non-hydrogen) atoms. The van der Waals surface area contributed by atoms with Gasteiger partial charge in [-0.1, -0.05) is 243 Å². The van der Waals surface area contributed by atoms with E-state index in [0.717, 1.165) is 178 Å². The number of hydrogen-bond acceptors (Lipinski definition) is 6. The summed E-state index contributed by atoms with van der Waals surface area (Å²) in [6.45, 7) is 0. The maximum Gasteiger partial charge on any atom is 0.140 e. The van der Waals surface area contributed by atoms with E-state index in [2.05, 4.69) is 315 Å². The van der Waals surface area contributed by atoms with E-state index in [1.165, 1.54) is 33.4 Å². The van der Waals surface area contributed by atoms with Crippen molar-refractivity contribution in [2.75, 3.05) is 0 Å². The Balaban J connectivity index is 0.738. The monoisotopic (exact) mass is 1250 g/mol. The number of aromatic nitrogens is 2. The zero-order valence-corrected chi connectivity index (χ0v) is 52.5. The normalized spacial score (nSPS) is 14.8. The van der Waals surface area contributed by atoms with Crippen LogP contribution in [0, 0.1) is 0 Å². The minimum absolute atomic E-state index is 0.632. The van der Waals surface area contributed by atoms with Crippen LogP contribution in [0.3, 0.4) is 0 Å². The zero-order chi connectivity index (χ0) is 64.0. The first-order valence-corrected chi connectivity index (χ1v) is 33.5. The van der Waals surface area contributed by atoms with Crippen molar-refractivity contribution in [1.29, 1.82) is 0 Å². The van der Waals surface area contributed by atoms with Crippen LogP contribution in [0.4, 0.5) is 0 Å². The largest absolute Gasteiger partial charge is 0.457 e. The van der Waals surface area contributed by atoms with Crippen molar-refractivity contribution in [3.05, 3.63) is 360 Å². The molecule has 6 heteroatoms. The summed E-state index contributed by atoms with van der Waals surface area (Å²) in [6, 6.07) is 113. The molecular formula is C92H52N2O4. The van der Waals surface area contributed by atoms with Crippen molar-refractivity contribution < 1.29 is 18.3 Å². The lowest BCUT2D eigenvalue weighted by Gasteiger charge is -2.40. The van der Waals surface area contributed by atoms with Gasteiger partial charge in [-0.2, -0.15) is 0 Å². The summed E-state index contributed by atoms with van der Waals surface area (Å²) in [5.41, 5.74) is 27.3. The molecule has 2 aliphatic carbocycles. The highest BCUT2D eigenvalue weighted by Gasteiger charge is 2.53. The molecule has 14 aromatic carbocycles. The van der Waals surface area contributed by atoms with Crippen molar-refractivity contribution in [2.45, 2.75) is 10.8 Å². The maximum absolute atomic E-state index is 7.45. The fraction of sp³-hybridized carbons (Fsp3) is 0.0217. The van der Waals surface area contributed by atoms with Gasteiger partial charge in [0.2, 0.25) is 0 Å². The molecule has 0 saturated carbocycles. The third-order valence-corrected chi connectivity index (χ3v) is 21.6. The summed E-state index contributed by atoms with van der Waals surface area (Å²) < 4.78 is 28.4. The predicted octanol–water partition coefficient (Wildman–Crippen LogP) is 23.9. The standard InChI is InChI=1S/C92H52N2O4/c1-3-23-53(24-4-1)63-47-55-27-7-15-41-77(55)93-89(63)62-34-22-46-82-86(62)68-50-65-58-30-9-11-36-70(58)92(76(65)52-84(68)97-82)73-39-14-18-44-80(73)98-90-61(33-20-40-74(90)92)60-32-19-28-56-48-66(87(94-88(56)60)54-25-5-2-6-26-54)59-31-21-45-81-85(59)67-49-64-57-29-8-10-35-69(57)91(75(64)51-83(67)96-81)71-37-12-16-42-78(71)95-79-43-17-13-38-72(79)91/h1-52H. The van der Waals surface area contributed by atoms with Gasteiger partial charge in [0.25, 0.3) is 0 Å². The number of fused-ring (bicyclic) bond motifs is 26. The smallest absolute Gasteiger partial charge is 0.140 e. The van der Waals surface area contributed by atoms with E-state index < -0.39 is 10.8 Å². The Hall–Kier alpha value is -12.9. The average Bonchev–Trinajstić information content (AvgIpc) is 1.48. The Morgan fingerprint density at radius 2 is 0.704 bits per heavy atom. The minimum Gasteiger partial charge on any atom is -0.457 e. The number of furan rings is 2. The molecule has 6 nitrogen and oxygen atoms in total. The summed E-state index contributed by atoms with van der Waals surface area (Å²) in [5.74, 6) is 3.30. The second-order valence-corrected chi connectivity index (χ2v) is 26.4. The van der Waals surface area contributed by atoms with Gasteiger partial charge in [0.05, 0.1) is 33.3 Å². The van der Waals surface area contributed by atoms with Crippen LogP contribution in [0.1, 0.15) is 44.5 Å².